The minimum atomic E-state index is 0.682. The van der Waals surface area contributed by atoms with Crippen LogP contribution in [0.2, 0.25) is 0 Å². The molecule has 2 aromatic rings. The van der Waals surface area contributed by atoms with Crippen LogP contribution >= 0.6 is 0 Å². The average Bonchev–Trinajstić information content (AvgIpc) is 2.30. The molecule has 0 aliphatic rings. The summed E-state index contributed by atoms with van der Waals surface area (Å²) in [5.74, 6) is 0. The van der Waals surface area contributed by atoms with Gasteiger partial charge in [-0.05, 0) is 18.5 Å². The van der Waals surface area contributed by atoms with Crippen molar-refractivity contribution in [3.63, 3.8) is 0 Å². The maximum atomic E-state index is 5.53. The van der Waals surface area contributed by atoms with Gasteiger partial charge in [-0.25, -0.2) is 0 Å². The average molecular weight is 215 g/mol. The highest BCUT2D eigenvalue weighted by molar-refractivity contribution is 5.84. The smallest absolute Gasteiger partial charge is 0.0622 e. The molecule has 84 valence electrons. The Labute approximate surface area is 95.9 Å². The molecule has 1 aromatic carbocycles. The van der Waals surface area contributed by atoms with Crippen molar-refractivity contribution in [2.45, 2.75) is 6.54 Å². The van der Waals surface area contributed by atoms with E-state index in [2.05, 4.69) is 41.2 Å². The summed E-state index contributed by atoms with van der Waals surface area (Å²) in [6.07, 6.45) is 1.87. The molecule has 0 saturated heterocycles. The fourth-order valence-corrected chi connectivity index (χ4v) is 1.86. The van der Waals surface area contributed by atoms with Crippen LogP contribution in [0, 0.1) is 0 Å². The second-order valence-electron chi connectivity index (χ2n) is 4.01. The standard InChI is InChI=1S/C13H17N3/c1-16(9-7-14)10-13-12-5-3-2-4-11(12)6-8-15-13/h2-6,8H,7,9-10,14H2,1H3. The molecule has 3 nitrogen and oxygen atoms in total. The molecule has 0 amide bonds. The summed E-state index contributed by atoms with van der Waals surface area (Å²) < 4.78 is 0. The molecule has 0 bridgehead atoms. The van der Waals surface area contributed by atoms with Crippen LogP contribution in [0.25, 0.3) is 10.8 Å². The van der Waals surface area contributed by atoms with Crippen molar-refractivity contribution >= 4 is 10.8 Å². The summed E-state index contributed by atoms with van der Waals surface area (Å²) in [6, 6.07) is 10.4. The Morgan fingerprint density at radius 3 is 2.88 bits per heavy atom. The summed E-state index contributed by atoms with van der Waals surface area (Å²) in [4.78, 5) is 6.64. The van der Waals surface area contributed by atoms with Gasteiger partial charge in [-0.3, -0.25) is 9.88 Å². The molecule has 1 heterocycles. The van der Waals surface area contributed by atoms with Crippen LogP contribution < -0.4 is 5.73 Å². The van der Waals surface area contributed by atoms with Crippen LogP contribution in [0.15, 0.2) is 36.5 Å². The molecule has 0 atom stereocenters. The molecule has 0 radical (unpaired) electrons. The van der Waals surface area contributed by atoms with E-state index >= 15 is 0 Å². The third kappa shape index (κ3) is 2.38. The number of hydrogen-bond donors (Lipinski definition) is 1. The van der Waals surface area contributed by atoms with Crippen molar-refractivity contribution in [1.29, 1.82) is 0 Å². The number of aromatic nitrogens is 1. The van der Waals surface area contributed by atoms with Gasteiger partial charge in [0, 0.05) is 31.2 Å². The molecule has 0 unspecified atom stereocenters. The van der Waals surface area contributed by atoms with Crippen LogP contribution in [0.3, 0.4) is 0 Å². The Morgan fingerprint density at radius 2 is 2.06 bits per heavy atom. The molecule has 0 saturated carbocycles. The summed E-state index contributed by atoms with van der Waals surface area (Å²) in [5.41, 5.74) is 6.65. The van der Waals surface area contributed by atoms with Crippen molar-refractivity contribution in [1.82, 2.24) is 9.88 Å². The normalized spacial score (nSPS) is 11.2. The lowest BCUT2D eigenvalue weighted by Crippen LogP contribution is -2.25. The number of nitrogens with zero attached hydrogens (tertiary/aromatic N) is 2. The first-order valence-electron chi connectivity index (χ1n) is 5.52. The van der Waals surface area contributed by atoms with Crippen LogP contribution in [0.5, 0.6) is 0 Å². The number of pyridine rings is 1. The quantitative estimate of drug-likeness (QED) is 0.842. The number of hydrogen-bond acceptors (Lipinski definition) is 3. The highest BCUT2D eigenvalue weighted by Gasteiger charge is 2.04. The molecule has 0 fully saturated rings. The maximum Gasteiger partial charge on any atom is 0.0622 e. The molecule has 2 rings (SSSR count). The van der Waals surface area contributed by atoms with E-state index < -0.39 is 0 Å². The van der Waals surface area contributed by atoms with E-state index in [0.29, 0.717) is 6.54 Å². The van der Waals surface area contributed by atoms with Crippen molar-refractivity contribution < 1.29 is 0 Å². The molecule has 2 N–H and O–H groups in total. The van der Waals surface area contributed by atoms with Crippen LogP contribution in [0.1, 0.15) is 5.69 Å². The third-order valence-electron chi connectivity index (χ3n) is 2.69. The maximum absolute atomic E-state index is 5.53. The number of benzene rings is 1. The number of likely N-dealkylation sites (N-methyl/N-ethyl adjacent to an activating group) is 1. The summed E-state index contributed by atoms with van der Waals surface area (Å²) in [7, 11) is 2.07. The van der Waals surface area contributed by atoms with Crippen LogP contribution in [-0.2, 0) is 6.54 Å². The number of nitrogens with two attached hydrogens (primary N) is 1. The minimum absolute atomic E-state index is 0.682. The Morgan fingerprint density at radius 1 is 1.25 bits per heavy atom. The van der Waals surface area contributed by atoms with Gasteiger partial charge in [0.1, 0.15) is 0 Å². The minimum Gasteiger partial charge on any atom is -0.329 e. The zero-order valence-electron chi connectivity index (χ0n) is 9.56. The van der Waals surface area contributed by atoms with E-state index in [1.807, 2.05) is 12.3 Å². The van der Waals surface area contributed by atoms with Gasteiger partial charge >= 0.3 is 0 Å². The van der Waals surface area contributed by atoms with E-state index in [4.69, 9.17) is 5.73 Å². The first kappa shape index (κ1) is 11.0. The zero-order valence-corrected chi connectivity index (χ0v) is 9.56. The lowest BCUT2D eigenvalue weighted by atomic mass is 10.1. The van der Waals surface area contributed by atoms with Crippen molar-refractivity contribution in [3.8, 4) is 0 Å². The van der Waals surface area contributed by atoms with Crippen molar-refractivity contribution in [3.05, 3.63) is 42.2 Å². The third-order valence-corrected chi connectivity index (χ3v) is 2.69. The topological polar surface area (TPSA) is 42.1 Å². The van der Waals surface area contributed by atoms with Gasteiger partial charge < -0.3 is 5.73 Å². The van der Waals surface area contributed by atoms with E-state index in [1.165, 1.54) is 10.8 Å². The fraction of sp³-hybridized carbons (Fsp3) is 0.308. The number of rotatable bonds is 4. The van der Waals surface area contributed by atoms with Crippen LogP contribution in [-0.4, -0.2) is 30.0 Å². The Bertz CT molecular complexity index is 462. The van der Waals surface area contributed by atoms with Gasteiger partial charge in [-0.15, -0.1) is 0 Å². The molecule has 16 heavy (non-hydrogen) atoms. The number of fused-ring (bicyclic) bond motifs is 1. The first-order valence-corrected chi connectivity index (χ1v) is 5.52. The van der Waals surface area contributed by atoms with Gasteiger partial charge in [-0.2, -0.15) is 0 Å². The lowest BCUT2D eigenvalue weighted by Gasteiger charge is -2.15. The monoisotopic (exact) mass is 215 g/mol. The van der Waals surface area contributed by atoms with E-state index in [0.717, 1.165) is 18.8 Å². The van der Waals surface area contributed by atoms with Gasteiger partial charge in [0.2, 0.25) is 0 Å². The first-order chi connectivity index (χ1) is 7.81. The van der Waals surface area contributed by atoms with E-state index in [-0.39, 0.29) is 0 Å². The van der Waals surface area contributed by atoms with Crippen molar-refractivity contribution in [2.75, 3.05) is 20.1 Å². The van der Waals surface area contributed by atoms with E-state index in [9.17, 15) is 0 Å². The second kappa shape index (κ2) is 5.05. The molecular formula is C13H17N3. The molecule has 1 aromatic heterocycles. The lowest BCUT2D eigenvalue weighted by molar-refractivity contribution is 0.333. The molecular weight excluding hydrogens is 198 g/mol. The van der Waals surface area contributed by atoms with Crippen LogP contribution in [0.4, 0.5) is 0 Å². The molecule has 0 spiro atoms. The Kier molecular flexibility index (Phi) is 3.49. The van der Waals surface area contributed by atoms with Gasteiger partial charge in [0.05, 0.1) is 5.69 Å². The summed E-state index contributed by atoms with van der Waals surface area (Å²) in [5, 5.41) is 2.47. The Balaban J connectivity index is 2.30. The SMILES string of the molecule is CN(CCN)Cc1nccc2ccccc12. The highest BCUT2D eigenvalue weighted by atomic mass is 15.1. The summed E-state index contributed by atoms with van der Waals surface area (Å²) >= 11 is 0. The predicted octanol–water partition coefficient (Wildman–Crippen LogP) is 1.63. The largest absolute Gasteiger partial charge is 0.329 e. The van der Waals surface area contributed by atoms with Gasteiger partial charge in [0.25, 0.3) is 0 Å². The van der Waals surface area contributed by atoms with Crippen molar-refractivity contribution in [2.24, 2.45) is 5.73 Å². The van der Waals surface area contributed by atoms with Gasteiger partial charge in [-0.1, -0.05) is 24.3 Å². The Hall–Kier alpha value is -1.45. The molecule has 0 aliphatic heterocycles. The predicted molar refractivity (Wildman–Crippen MR) is 67.1 cm³/mol. The molecule has 0 aliphatic carbocycles. The highest BCUT2D eigenvalue weighted by Crippen LogP contribution is 2.17. The zero-order chi connectivity index (χ0) is 11.4. The fourth-order valence-electron chi connectivity index (χ4n) is 1.86. The van der Waals surface area contributed by atoms with E-state index in [1.54, 1.807) is 0 Å². The second-order valence-corrected chi connectivity index (χ2v) is 4.01. The molecule has 3 heteroatoms. The van der Waals surface area contributed by atoms with Gasteiger partial charge in [0.15, 0.2) is 0 Å². The summed E-state index contributed by atoms with van der Waals surface area (Å²) in [6.45, 7) is 2.42.